The van der Waals surface area contributed by atoms with Gasteiger partial charge in [0.2, 0.25) is 0 Å². The van der Waals surface area contributed by atoms with Crippen molar-refractivity contribution in [2.75, 3.05) is 19.0 Å². The summed E-state index contributed by atoms with van der Waals surface area (Å²) in [7, 11) is 1.11. The van der Waals surface area contributed by atoms with E-state index in [1.54, 1.807) is 0 Å². The Labute approximate surface area is 113 Å². The first kappa shape index (κ1) is 15.4. The van der Waals surface area contributed by atoms with Crippen LogP contribution in [0.2, 0.25) is 0 Å². The Bertz CT molecular complexity index is 501. The van der Waals surface area contributed by atoms with Gasteiger partial charge in [0.05, 0.1) is 18.6 Å². The van der Waals surface area contributed by atoms with E-state index in [4.69, 9.17) is 0 Å². The monoisotopic (exact) mass is 283 g/mol. The van der Waals surface area contributed by atoms with Crippen LogP contribution in [-0.4, -0.2) is 41.8 Å². The van der Waals surface area contributed by atoms with Crippen LogP contribution in [0.3, 0.4) is 0 Å². The van der Waals surface area contributed by atoms with Crippen LogP contribution in [0.4, 0.5) is 16.2 Å². The number of aliphatic hydroxyl groups excluding tert-OH is 1. The molecule has 1 rings (SSSR count). The van der Waals surface area contributed by atoms with Gasteiger partial charge in [0.25, 0.3) is 5.69 Å². The maximum atomic E-state index is 11.4. The van der Waals surface area contributed by atoms with Crippen LogP contribution in [0.25, 0.3) is 0 Å². The van der Waals surface area contributed by atoms with E-state index in [1.807, 2.05) is 0 Å². The number of amides is 2. The Morgan fingerprint density at radius 1 is 1.40 bits per heavy atom. The summed E-state index contributed by atoms with van der Waals surface area (Å²) < 4.78 is 4.27. The van der Waals surface area contributed by atoms with Crippen LogP contribution in [-0.2, 0) is 9.53 Å². The number of carbonyl (C=O) groups is 2. The molecule has 0 aliphatic carbocycles. The largest absolute Gasteiger partial charge is 0.467 e. The standard InChI is InChI=1S/C11H13N3O6/c1-20-10(16)9(15)6-12-11(17)13-7-2-4-8(5-3-7)14(18)19/h2-5,9,15H,6H2,1H3,(H2,12,13,17)/t9-/m1/s1. The summed E-state index contributed by atoms with van der Waals surface area (Å²) in [4.78, 5) is 32.2. The van der Waals surface area contributed by atoms with E-state index >= 15 is 0 Å². The molecule has 0 bridgehead atoms. The van der Waals surface area contributed by atoms with E-state index in [1.165, 1.54) is 24.3 Å². The second-order valence-corrected chi connectivity index (χ2v) is 3.68. The van der Waals surface area contributed by atoms with Crippen molar-refractivity contribution in [2.45, 2.75) is 6.10 Å². The molecule has 0 saturated carbocycles. The van der Waals surface area contributed by atoms with E-state index in [0.29, 0.717) is 5.69 Å². The highest BCUT2D eigenvalue weighted by Gasteiger charge is 2.16. The summed E-state index contributed by atoms with van der Waals surface area (Å²) in [6.45, 7) is -0.314. The number of ether oxygens (including phenoxy) is 1. The zero-order valence-electron chi connectivity index (χ0n) is 10.5. The number of nitrogens with zero attached hydrogens (tertiary/aromatic N) is 1. The Morgan fingerprint density at radius 3 is 2.50 bits per heavy atom. The molecule has 2 amide bonds. The van der Waals surface area contributed by atoms with Crippen LogP contribution in [0.5, 0.6) is 0 Å². The van der Waals surface area contributed by atoms with Gasteiger partial charge in [-0.3, -0.25) is 10.1 Å². The van der Waals surface area contributed by atoms with Crippen molar-refractivity contribution >= 4 is 23.4 Å². The molecule has 0 radical (unpaired) electrons. The Morgan fingerprint density at radius 2 is 2.00 bits per heavy atom. The van der Waals surface area contributed by atoms with Crippen molar-refractivity contribution in [1.82, 2.24) is 5.32 Å². The fraction of sp³-hybridized carbons (Fsp3) is 0.273. The summed E-state index contributed by atoms with van der Waals surface area (Å²) >= 11 is 0. The van der Waals surface area contributed by atoms with Crippen LogP contribution < -0.4 is 10.6 Å². The quantitative estimate of drug-likeness (QED) is 0.403. The predicted molar refractivity (Wildman–Crippen MR) is 68.1 cm³/mol. The molecule has 108 valence electrons. The smallest absolute Gasteiger partial charge is 0.336 e. The fourth-order valence-corrected chi connectivity index (χ4v) is 1.25. The van der Waals surface area contributed by atoms with E-state index in [2.05, 4.69) is 15.4 Å². The van der Waals surface area contributed by atoms with E-state index in [9.17, 15) is 24.8 Å². The summed E-state index contributed by atoms with van der Waals surface area (Å²) in [5.41, 5.74) is 0.234. The zero-order valence-corrected chi connectivity index (χ0v) is 10.5. The Hall–Kier alpha value is -2.68. The number of methoxy groups -OCH3 is 1. The number of urea groups is 1. The number of hydrogen-bond donors (Lipinski definition) is 3. The Balaban J connectivity index is 2.46. The highest BCUT2D eigenvalue weighted by Crippen LogP contribution is 2.15. The fourth-order valence-electron chi connectivity index (χ4n) is 1.25. The molecule has 0 aromatic heterocycles. The van der Waals surface area contributed by atoms with Gasteiger partial charge in [0, 0.05) is 17.8 Å². The molecular weight excluding hydrogens is 270 g/mol. The molecule has 0 saturated heterocycles. The third kappa shape index (κ3) is 4.53. The van der Waals surface area contributed by atoms with Crippen LogP contribution in [0.1, 0.15) is 0 Å². The number of hydrogen-bond acceptors (Lipinski definition) is 6. The van der Waals surface area contributed by atoms with E-state index in [0.717, 1.165) is 7.11 Å². The molecule has 1 atom stereocenters. The average molecular weight is 283 g/mol. The van der Waals surface area contributed by atoms with Gasteiger partial charge in [-0.1, -0.05) is 0 Å². The Kier molecular flexibility index (Phi) is 5.42. The first-order valence-electron chi connectivity index (χ1n) is 5.49. The lowest BCUT2D eigenvalue weighted by atomic mass is 10.3. The molecule has 0 aliphatic heterocycles. The lowest BCUT2D eigenvalue weighted by Gasteiger charge is -2.10. The number of nitrogens with one attached hydrogen (secondary N) is 2. The van der Waals surface area contributed by atoms with Gasteiger partial charge >= 0.3 is 12.0 Å². The second kappa shape index (κ2) is 7.04. The molecule has 3 N–H and O–H groups in total. The molecule has 1 aromatic carbocycles. The molecule has 9 heteroatoms. The molecule has 0 fully saturated rings. The normalized spacial score (nSPS) is 11.3. The summed E-state index contributed by atoms with van der Waals surface area (Å²) in [5.74, 6) is -0.861. The first-order valence-corrected chi connectivity index (χ1v) is 5.49. The van der Waals surface area contributed by atoms with Crippen molar-refractivity contribution in [3.05, 3.63) is 34.4 Å². The van der Waals surface area contributed by atoms with Gasteiger partial charge in [-0.05, 0) is 12.1 Å². The number of aliphatic hydroxyl groups is 1. The van der Waals surface area contributed by atoms with Crippen molar-refractivity contribution in [3.8, 4) is 0 Å². The lowest BCUT2D eigenvalue weighted by molar-refractivity contribution is -0.384. The minimum Gasteiger partial charge on any atom is -0.467 e. The summed E-state index contributed by atoms with van der Waals surface area (Å²) in [6.07, 6.45) is -1.46. The average Bonchev–Trinajstić information content (AvgIpc) is 2.44. The molecule has 0 spiro atoms. The molecule has 0 heterocycles. The van der Waals surface area contributed by atoms with Crippen LogP contribution in [0.15, 0.2) is 24.3 Å². The van der Waals surface area contributed by atoms with Crippen LogP contribution >= 0.6 is 0 Å². The highest BCUT2D eigenvalue weighted by atomic mass is 16.6. The minimum absolute atomic E-state index is 0.0999. The number of benzene rings is 1. The number of rotatable bonds is 5. The van der Waals surface area contributed by atoms with Gasteiger partial charge in [0.1, 0.15) is 0 Å². The number of non-ortho nitro benzene ring substituents is 1. The van der Waals surface area contributed by atoms with Gasteiger partial charge in [-0.15, -0.1) is 0 Å². The first-order chi connectivity index (χ1) is 9.43. The maximum absolute atomic E-state index is 11.4. The highest BCUT2D eigenvalue weighted by molar-refractivity contribution is 5.89. The number of nitro benzene ring substituents is 1. The van der Waals surface area contributed by atoms with Crippen molar-refractivity contribution < 1.29 is 24.4 Å². The topological polar surface area (TPSA) is 131 Å². The number of carbonyl (C=O) groups excluding carboxylic acids is 2. The maximum Gasteiger partial charge on any atom is 0.336 e. The summed E-state index contributed by atoms with van der Waals surface area (Å²) in [6, 6.07) is 4.52. The van der Waals surface area contributed by atoms with E-state index < -0.39 is 23.0 Å². The third-order valence-electron chi connectivity index (χ3n) is 2.27. The predicted octanol–water partition coefficient (Wildman–Crippen LogP) is 0.250. The zero-order chi connectivity index (χ0) is 15.1. The van der Waals surface area contributed by atoms with Gasteiger partial charge in [-0.2, -0.15) is 0 Å². The number of nitro groups is 1. The van der Waals surface area contributed by atoms with Gasteiger partial charge < -0.3 is 20.5 Å². The number of anilines is 1. The van der Waals surface area contributed by atoms with Crippen molar-refractivity contribution in [1.29, 1.82) is 0 Å². The SMILES string of the molecule is COC(=O)[C@H](O)CNC(=O)Nc1ccc([N+](=O)[O-])cc1. The summed E-state index contributed by atoms with van der Waals surface area (Å²) in [5, 5.41) is 24.3. The van der Waals surface area contributed by atoms with Gasteiger partial charge in [0.15, 0.2) is 6.10 Å². The molecule has 0 aliphatic rings. The second-order valence-electron chi connectivity index (χ2n) is 3.68. The van der Waals surface area contributed by atoms with Crippen molar-refractivity contribution in [3.63, 3.8) is 0 Å². The molecule has 1 aromatic rings. The minimum atomic E-state index is -1.46. The molecule has 20 heavy (non-hydrogen) atoms. The van der Waals surface area contributed by atoms with Crippen LogP contribution in [0, 0.1) is 10.1 Å². The van der Waals surface area contributed by atoms with E-state index in [-0.39, 0.29) is 12.2 Å². The third-order valence-corrected chi connectivity index (χ3v) is 2.27. The van der Waals surface area contributed by atoms with Gasteiger partial charge in [-0.25, -0.2) is 9.59 Å². The van der Waals surface area contributed by atoms with Crippen molar-refractivity contribution in [2.24, 2.45) is 0 Å². The molecular formula is C11H13N3O6. The lowest BCUT2D eigenvalue weighted by Crippen LogP contribution is -2.39. The molecule has 0 unspecified atom stereocenters. The molecule has 9 nitrogen and oxygen atoms in total. The number of esters is 1.